The van der Waals surface area contributed by atoms with Gasteiger partial charge in [-0.15, -0.1) is 0 Å². The number of rotatable bonds is 2. The first kappa shape index (κ1) is 24.5. The Morgan fingerprint density at radius 3 is 1.58 bits per heavy atom. The van der Waals surface area contributed by atoms with Crippen molar-refractivity contribution in [2.24, 2.45) is 0 Å². The average molecular weight is 571 g/mol. The van der Waals surface area contributed by atoms with Crippen molar-refractivity contribution < 1.29 is 4.42 Å². The minimum Gasteiger partial charge on any atom is -0.456 e. The third kappa shape index (κ3) is 3.50. The van der Waals surface area contributed by atoms with Gasteiger partial charge < -0.3 is 4.42 Å². The fraction of sp³-hybridized carbons (Fsp3) is 0. The van der Waals surface area contributed by atoms with Gasteiger partial charge in [-0.25, -0.2) is 0 Å². The van der Waals surface area contributed by atoms with Crippen molar-refractivity contribution >= 4 is 75.8 Å². The first-order valence-corrected chi connectivity index (χ1v) is 15.5. The lowest BCUT2D eigenvalue weighted by atomic mass is 9.84. The molecule has 0 fully saturated rings. The van der Waals surface area contributed by atoms with Crippen LogP contribution in [0, 0.1) is 0 Å². The van der Waals surface area contributed by atoms with Gasteiger partial charge in [-0.3, -0.25) is 0 Å². The van der Waals surface area contributed by atoms with Crippen LogP contribution in [0.25, 0.3) is 98.1 Å². The second kappa shape index (κ2) is 9.29. The Morgan fingerprint density at radius 2 is 0.867 bits per heavy atom. The van der Waals surface area contributed by atoms with E-state index in [1.807, 2.05) is 0 Å². The summed E-state index contributed by atoms with van der Waals surface area (Å²) in [6, 6.07) is 57.3. The van der Waals surface area contributed by atoms with Crippen LogP contribution < -0.4 is 0 Å². The van der Waals surface area contributed by atoms with Gasteiger partial charge in [0.2, 0.25) is 0 Å². The number of hydrogen-bond donors (Lipinski definition) is 0. The highest BCUT2D eigenvalue weighted by Gasteiger charge is 2.20. The van der Waals surface area contributed by atoms with E-state index >= 15 is 0 Å². The fourth-order valence-corrected chi connectivity index (χ4v) is 7.69. The lowest BCUT2D eigenvalue weighted by Crippen LogP contribution is -1.92. The summed E-state index contributed by atoms with van der Waals surface area (Å²) >= 11 is 0. The first-order valence-electron chi connectivity index (χ1n) is 15.5. The van der Waals surface area contributed by atoms with E-state index in [-0.39, 0.29) is 0 Å². The molecule has 10 rings (SSSR count). The molecular weight excluding hydrogens is 544 g/mol. The summed E-state index contributed by atoms with van der Waals surface area (Å²) in [6.45, 7) is 0. The standard InChI is InChI=1S/C44H26O/c1-4-14-31-27(11-1)22-24-40-44(31)38-23-21-29(26-41(38)45-40)42-34-17-7-9-19-36(34)43(37-20-10-8-18-35(37)42)39-25-28-12-2-3-13-30(28)32-15-5-6-16-33(32)39/h1-26H. The molecule has 0 unspecified atom stereocenters. The molecule has 1 heteroatoms. The molecular formula is C44H26O. The Bertz CT molecular complexity index is 2760. The molecule has 0 N–H and O–H groups in total. The van der Waals surface area contributed by atoms with Gasteiger partial charge in [0.15, 0.2) is 0 Å². The van der Waals surface area contributed by atoms with Crippen LogP contribution in [0.4, 0.5) is 0 Å². The molecule has 208 valence electrons. The smallest absolute Gasteiger partial charge is 0.136 e. The molecule has 0 radical (unpaired) electrons. The molecule has 45 heavy (non-hydrogen) atoms. The van der Waals surface area contributed by atoms with Gasteiger partial charge in [0, 0.05) is 10.8 Å². The zero-order valence-electron chi connectivity index (χ0n) is 24.4. The van der Waals surface area contributed by atoms with E-state index in [1.165, 1.54) is 75.9 Å². The number of fused-ring (bicyclic) bond motifs is 10. The second-order valence-electron chi connectivity index (χ2n) is 12.0. The van der Waals surface area contributed by atoms with Crippen LogP contribution in [0.2, 0.25) is 0 Å². The van der Waals surface area contributed by atoms with Gasteiger partial charge in [-0.2, -0.15) is 0 Å². The van der Waals surface area contributed by atoms with Gasteiger partial charge in [-0.1, -0.05) is 133 Å². The maximum Gasteiger partial charge on any atom is 0.136 e. The van der Waals surface area contributed by atoms with Crippen LogP contribution in [0.15, 0.2) is 162 Å². The normalized spacial score (nSPS) is 12.0. The van der Waals surface area contributed by atoms with E-state index < -0.39 is 0 Å². The van der Waals surface area contributed by atoms with Gasteiger partial charge >= 0.3 is 0 Å². The maximum absolute atomic E-state index is 6.53. The van der Waals surface area contributed by atoms with Gasteiger partial charge in [0.25, 0.3) is 0 Å². The van der Waals surface area contributed by atoms with Gasteiger partial charge in [0.05, 0.1) is 0 Å². The van der Waals surface area contributed by atoms with E-state index in [2.05, 4.69) is 158 Å². The van der Waals surface area contributed by atoms with E-state index in [0.717, 1.165) is 22.1 Å². The highest BCUT2D eigenvalue weighted by Crippen LogP contribution is 2.47. The number of benzene rings is 9. The Hall–Kier alpha value is -5.92. The van der Waals surface area contributed by atoms with Crippen LogP contribution >= 0.6 is 0 Å². The van der Waals surface area contributed by atoms with Gasteiger partial charge in [-0.05, 0) is 100 Å². The second-order valence-corrected chi connectivity index (χ2v) is 12.0. The molecule has 10 aromatic rings. The van der Waals surface area contributed by atoms with E-state index in [1.54, 1.807) is 0 Å². The zero-order valence-corrected chi connectivity index (χ0v) is 24.4. The van der Waals surface area contributed by atoms with Crippen LogP contribution in [0.5, 0.6) is 0 Å². The molecule has 0 saturated carbocycles. The van der Waals surface area contributed by atoms with Crippen LogP contribution in [-0.2, 0) is 0 Å². The van der Waals surface area contributed by atoms with Crippen molar-refractivity contribution in [1.29, 1.82) is 0 Å². The SMILES string of the molecule is c1ccc2c(c1)cc(-c1c3ccccc3c(-c3ccc4c(c3)oc3ccc5ccccc5c34)c3ccccc13)c1ccccc12. The molecule has 0 atom stereocenters. The third-order valence-corrected chi connectivity index (χ3v) is 9.62. The predicted molar refractivity (Wildman–Crippen MR) is 192 cm³/mol. The quantitative estimate of drug-likeness (QED) is 0.149. The highest BCUT2D eigenvalue weighted by molar-refractivity contribution is 6.26. The summed E-state index contributed by atoms with van der Waals surface area (Å²) in [5.74, 6) is 0. The minimum absolute atomic E-state index is 0.914. The number of hydrogen-bond acceptors (Lipinski definition) is 1. The summed E-state index contributed by atoms with van der Waals surface area (Å²) in [5.41, 5.74) is 6.78. The Morgan fingerprint density at radius 1 is 0.311 bits per heavy atom. The average Bonchev–Trinajstić information content (AvgIpc) is 3.49. The molecule has 1 nitrogen and oxygen atoms in total. The monoisotopic (exact) mass is 570 g/mol. The summed E-state index contributed by atoms with van der Waals surface area (Å²) in [7, 11) is 0. The van der Waals surface area contributed by atoms with Crippen molar-refractivity contribution in [3.63, 3.8) is 0 Å². The van der Waals surface area contributed by atoms with E-state index in [4.69, 9.17) is 4.42 Å². The van der Waals surface area contributed by atoms with Crippen molar-refractivity contribution in [3.05, 3.63) is 158 Å². The molecule has 0 spiro atoms. The predicted octanol–water partition coefficient (Wildman–Crippen LogP) is 12.7. The van der Waals surface area contributed by atoms with Crippen molar-refractivity contribution in [2.45, 2.75) is 0 Å². The Kier molecular flexibility index (Phi) is 5.06. The van der Waals surface area contributed by atoms with Crippen LogP contribution in [-0.4, -0.2) is 0 Å². The third-order valence-electron chi connectivity index (χ3n) is 9.62. The minimum atomic E-state index is 0.914. The summed E-state index contributed by atoms with van der Waals surface area (Å²) in [6.07, 6.45) is 0. The molecule has 9 aromatic carbocycles. The Balaban J connectivity index is 1.31. The summed E-state index contributed by atoms with van der Waals surface area (Å²) < 4.78 is 6.53. The summed E-state index contributed by atoms with van der Waals surface area (Å²) in [4.78, 5) is 0. The molecule has 1 aromatic heterocycles. The molecule has 0 amide bonds. The van der Waals surface area contributed by atoms with Crippen molar-refractivity contribution in [3.8, 4) is 22.3 Å². The lowest BCUT2D eigenvalue weighted by Gasteiger charge is -2.19. The van der Waals surface area contributed by atoms with E-state index in [0.29, 0.717) is 0 Å². The van der Waals surface area contributed by atoms with Crippen LogP contribution in [0.1, 0.15) is 0 Å². The molecule has 0 aliphatic carbocycles. The molecule has 0 saturated heterocycles. The maximum atomic E-state index is 6.53. The Labute approximate surface area is 259 Å². The molecule has 0 aliphatic heterocycles. The molecule has 0 aliphatic rings. The van der Waals surface area contributed by atoms with E-state index in [9.17, 15) is 0 Å². The topological polar surface area (TPSA) is 13.1 Å². The van der Waals surface area contributed by atoms with Crippen molar-refractivity contribution in [1.82, 2.24) is 0 Å². The zero-order chi connectivity index (χ0) is 29.5. The first-order chi connectivity index (χ1) is 22.3. The van der Waals surface area contributed by atoms with Crippen molar-refractivity contribution in [2.75, 3.05) is 0 Å². The fourth-order valence-electron chi connectivity index (χ4n) is 7.69. The number of furan rings is 1. The van der Waals surface area contributed by atoms with Gasteiger partial charge in [0.1, 0.15) is 11.2 Å². The highest BCUT2D eigenvalue weighted by atomic mass is 16.3. The summed E-state index contributed by atoms with van der Waals surface area (Å²) in [5, 5.41) is 14.9. The molecule has 0 bridgehead atoms. The lowest BCUT2D eigenvalue weighted by molar-refractivity contribution is 0.669. The molecule has 1 heterocycles. The largest absolute Gasteiger partial charge is 0.456 e. The van der Waals surface area contributed by atoms with Crippen LogP contribution in [0.3, 0.4) is 0 Å².